The lowest BCUT2D eigenvalue weighted by atomic mass is 9.94. The molecule has 0 aliphatic heterocycles. The van der Waals surface area contributed by atoms with E-state index in [1.807, 2.05) is 78.2 Å². The molecule has 0 aliphatic rings. The van der Waals surface area contributed by atoms with Gasteiger partial charge in [-0.05, 0) is 48.6 Å². The van der Waals surface area contributed by atoms with Crippen LogP contribution >= 0.6 is 11.8 Å². The molecular formula is C34H33N5O3S. The van der Waals surface area contributed by atoms with Crippen LogP contribution in [0.25, 0.3) is 5.69 Å². The van der Waals surface area contributed by atoms with Crippen molar-refractivity contribution in [2.75, 3.05) is 0 Å². The first-order valence-corrected chi connectivity index (χ1v) is 15.2. The van der Waals surface area contributed by atoms with Crippen molar-refractivity contribution in [2.24, 2.45) is 0 Å². The smallest absolute Gasteiger partial charge is 0.269 e. The molecule has 5 rings (SSSR count). The Kier molecular flexibility index (Phi) is 9.63. The summed E-state index contributed by atoms with van der Waals surface area (Å²) in [5.41, 5.74) is 4.98. The molecule has 2 unspecified atom stereocenters. The van der Waals surface area contributed by atoms with Crippen LogP contribution in [-0.2, 0) is 17.0 Å². The molecule has 218 valence electrons. The second kappa shape index (κ2) is 13.9. The van der Waals surface area contributed by atoms with E-state index in [4.69, 9.17) is 0 Å². The van der Waals surface area contributed by atoms with Gasteiger partial charge in [0.15, 0.2) is 11.0 Å². The Bertz CT molecular complexity index is 1670. The van der Waals surface area contributed by atoms with Crippen molar-refractivity contribution in [1.29, 1.82) is 0 Å². The Balaban J connectivity index is 1.55. The number of nitrogens with zero attached hydrogens (tertiary/aromatic N) is 4. The van der Waals surface area contributed by atoms with E-state index in [0.717, 1.165) is 16.7 Å². The molecule has 0 saturated heterocycles. The van der Waals surface area contributed by atoms with E-state index in [-0.39, 0.29) is 17.5 Å². The number of benzene rings is 4. The largest absolute Gasteiger partial charge is 0.345 e. The molecule has 0 radical (unpaired) electrons. The van der Waals surface area contributed by atoms with Gasteiger partial charge in [-0.3, -0.25) is 19.5 Å². The van der Waals surface area contributed by atoms with Crippen molar-refractivity contribution in [3.63, 3.8) is 0 Å². The van der Waals surface area contributed by atoms with Crippen LogP contribution in [0.1, 0.15) is 53.4 Å². The normalized spacial score (nSPS) is 12.4. The predicted molar refractivity (Wildman–Crippen MR) is 169 cm³/mol. The fourth-order valence-electron chi connectivity index (χ4n) is 5.10. The number of hydrogen-bond acceptors (Lipinski definition) is 6. The van der Waals surface area contributed by atoms with Crippen molar-refractivity contribution in [1.82, 2.24) is 20.1 Å². The topological polar surface area (TPSA) is 103 Å². The zero-order valence-corrected chi connectivity index (χ0v) is 24.9. The summed E-state index contributed by atoms with van der Waals surface area (Å²) in [6, 6.07) is 33.8. The third-order valence-corrected chi connectivity index (χ3v) is 8.27. The predicted octanol–water partition coefficient (Wildman–Crippen LogP) is 7.37. The van der Waals surface area contributed by atoms with Gasteiger partial charge in [0.2, 0.25) is 5.91 Å². The van der Waals surface area contributed by atoms with Crippen LogP contribution in [0.2, 0.25) is 0 Å². The average Bonchev–Trinajstić information content (AvgIpc) is 3.45. The van der Waals surface area contributed by atoms with Crippen molar-refractivity contribution in [3.05, 3.63) is 147 Å². The van der Waals surface area contributed by atoms with E-state index >= 15 is 0 Å². The number of amides is 1. The van der Waals surface area contributed by atoms with Crippen molar-refractivity contribution < 1.29 is 9.72 Å². The number of aryl methyl sites for hydroxylation is 1. The average molecular weight is 592 g/mol. The molecule has 2 atom stereocenters. The van der Waals surface area contributed by atoms with Gasteiger partial charge in [-0.25, -0.2) is 0 Å². The number of nitro benzene ring substituents is 1. The van der Waals surface area contributed by atoms with Gasteiger partial charge >= 0.3 is 0 Å². The maximum atomic E-state index is 13.8. The second-order valence-corrected chi connectivity index (χ2v) is 11.3. The minimum absolute atomic E-state index is 0.00451. The lowest BCUT2D eigenvalue weighted by Crippen LogP contribution is -2.35. The monoisotopic (exact) mass is 591 g/mol. The zero-order valence-electron chi connectivity index (χ0n) is 24.1. The number of aromatic nitrogens is 3. The molecule has 0 spiro atoms. The number of thioether (sulfide) groups is 1. The summed E-state index contributed by atoms with van der Waals surface area (Å²) in [4.78, 5) is 24.8. The lowest BCUT2D eigenvalue weighted by Gasteiger charge is -2.23. The van der Waals surface area contributed by atoms with Gasteiger partial charge < -0.3 is 5.32 Å². The van der Waals surface area contributed by atoms with E-state index in [1.165, 1.54) is 29.5 Å². The number of non-ortho nitro benzene ring substituents is 1. The van der Waals surface area contributed by atoms with Crippen LogP contribution in [0.5, 0.6) is 0 Å². The molecule has 9 heteroatoms. The highest BCUT2D eigenvalue weighted by Gasteiger charge is 2.28. The van der Waals surface area contributed by atoms with Gasteiger partial charge in [0.05, 0.1) is 16.9 Å². The molecule has 0 saturated carbocycles. The summed E-state index contributed by atoms with van der Waals surface area (Å²) >= 11 is 1.53. The van der Waals surface area contributed by atoms with Crippen LogP contribution < -0.4 is 5.32 Å². The minimum Gasteiger partial charge on any atom is -0.345 e. The molecule has 4 aromatic carbocycles. The maximum Gasteiger partial charge on any atom is 0.269 e. The first kappa shape index (κ1) is 29.7. The lowest BCUT2D eigenvalue weighted by molar-refractivity contribution is -0.384. The molecule has 1 N–H and O–H groups in total. The number of carbonyl (C=O) groups is 1. The molecular weight excluding hydrogens is 558 g/mol. The Hall–Kier alpha value is -4.76. The molecule has 0 fully saturated rings. The molecule has 1 aromatic heterocycles. The number of hydrogen-bond donors (Lipinski definition) is 1. The molecule has 43 heavy (non-hydrogen) atoms. The number of nitrogens with one attached hydrogen (secondary N) is 1. The van der Waals surface area contributed by atoms with Crippen LogP contribution in [0.4, 0.5) is 5.69 Å². The van der Waals surface area contributed by atoms with Gasteiger partial charge in [0, 0.05) is 23.6 Å². The van der Waals surface area contributed by atoms with E-state index in [9.17, 15) is 14.9 Å². The fourth-order valence-corrected chi connectivity index (χ4v) is 6.01. The summed E-state index contributed by atoms with van der Waals surface area (Å²) < 4.78 is 1.90. The van der Waals surface area contributed by atoms with Crippen molar-refractivity contribution in [3.8, 4) is 5.69 Å². The fraction of sp³-hybridized carbons (Fsp3) is 0.206. The summed E-state index contributed by atoms with van der Waals surface area (Å²) in [6.07, 6.45) is 1.13. The standard InChI is InChI=1S/C34H33N5O3S/c1-3-30(27-15-8-5-9-16-27)33(40)35-31(22-25-12-6-4-7-13-25)32-36-37-34(43-23-26-14-10-11-24(2)21-26)38(32)28-17-19-29(20-18-28)39(41)42/h4-21,30-31H,3,22-23H2,1-2H3,(H,35,40). The van der Waals surface area contributed by atoms with Crippen molar-refractivity contribution in [2.45, 2.75) is 49.6 Å². The van der Waals surface area contributed by atoms with Gasteiger partial charge in [0.25, 0.3) is 5.69 Å². The SMILES string of the molecule is CCC(C(=O)NC(Cc1ccccc1)c1nnc(SCc2cccc(C)c2)n1-c1ccc([N+](=O)[O-])cc1)c1ccccc1. The first-order chi connectivity index (χ1) is 20.9. The van der Waals surface area contributed by atoms with Crippen LogP contribution in [0.15, 0.2) is 114 Å². The highest BCUT2D eigenvalue weighted by atomic mass is 32.2. The Morgan fingerprint density at radius 3 is 2.23 bits per heavy atom. The molecule has 0 bridgehead atoms. The summed E-state index contributed by atoms with van der Waals surface area (Å²) in [5, 5.41) is 24.5. The molecule has 8 nitrogen and oxygen atoms in total. The number of rotatable bonds is 12. The third-order valence-electron chi connectivity index (χ3n) is 7.27. The molecule has 1 amide bonds. The third kappa shape index (κ3) is 7.37. The van der Waals surface area contributed by atoms with E-state index in [1.54, 1.807) is 12.1 Å². The van der Waals surface area contributed by atoms with Gasteiger partial charge in [-0.15, -0.1) is 10.2 Å². The number of carbonyl (C=O) groups excluding carboxylic acids is 1. The highest BCUT2D eigenvalue weighted by molar-refractivity contribution is 7.98. The van der Waals surface area contributed by atoms with Gasteiger partial charge in [-0.1, -0.05) is 109 Å². The van der Waals surface area contributed by atoms with E-state index in [2.05, 4.69) is 40.6 Å². The Labute approximate surface area is 255 Å². The highest BCUT2D eigenvalue weighted by Crippen LogP contribution is 2.31. The molecule has 1 heterocycles. The molecule has 0 aliphatic carbocycles. The van der Waals surface area contributed by atoms with Crippen molar-refractivity contribution >= 4 is 23.4 Å². The Morgan fingerprint density at radius 1 is 0.907 bits per heavy atom. The first-order valence-electron chi connectivity index (χ1n) is 14.2. The van der Waals surface area contributed by atoms with Crippen LogP contribution in [0, 0.1) is 17.0 Å². The molecule has 5 aromatic rings. The second-order valence-electron chi connectivity index (χ2n) is 10.3. The Morgan fingerprint density at radius 2 is 1.58 bits per heavy atom. The van der Waals surface area contributed by atoms with Gasteiger partial charge in [-0.2, -0.15) is 0 Å². The minimum atomic E-state index is -0.510. The zero-order chi connectivity index (χ0) is 30.2. The van der Waals surface area contributed by atoms with E-state index < -0.39 is 11.0 Å². The summed E-state index contributed by atoms with van der Waals surface area (Å²) in [6.45, 7) is 4.06. The van der Waals surface area contributed by atoms with E-state index in [0.29, 0.717) is 35.3 Å². The summed E-state index contributed by atoms with van der Waals surface area (Å²) in [5.74, 6) is 0.793. The van der Waals surface area contributed by atoms with Crippen LogP contribution in [0.3, 0.4) is 0 Å². The van der Waals surface area contributed by atoms with Gasteiger partial charge in [0.1, 0.15) is 0 Å². The number of nitro groups is 1. The quantitative estimate of drug-likeness (QED) is 0.0923. The van der Waals surface area contributed by atoms with Crippen LogP contribution in [-0.4, -0.2) is 25.6 Å². The maximum absolute atomic E-state index is 13.8. The summed E-state index contributed by atoms with van der Waals surface area (Å²) in [7, 11) is 0.